The highest BCUT2D eigenvalue weighted by molar-refractivity contribution is 5.94. The average Bonchev–Trinajstić information content (AvgIpc) is 2.51. The first-order chi connectivity index (χ1) is 6.18. The van der Waals surface area contributed by atoms with Crippen molar-refractivity contribution in [2.45, 2.75) is 6.92 Å². The van der Waals surface area contributed by atoms with E-state index in [9.17, 15) is 4.79 Å². The molecule has 1 aromatic carbocycles. The Balaban J connectivity index is 2.77. The number of rotatable bonds is 1. The zero-order valence-electron chi connectivity index (χ0n) is 7.03. The van der Waals surface area contributed by atoms with Gasteiger partial charge in [-0.2, -0.15) is 5.10 Å². The Morgan fingerprint density at radius 2 is 2.31 bits per heavy atom. The number of H-pyrrole nitrogens is 1. The van der Waals surface area contributed by atoms with E-state index in [1.165, 1.54) is 0 Å². The van der Waals surface area contributed by atoms with E-state index in [0.717, 1.165) is 16.5 Å². The van der Waals surface area contributed by atoms with Crippen LogP contribution in [0.5, 0.6) is 0 Å². The highest BCUT2D eigenvalue weighted by Gasteiger charge is 2.07. The van der Waals surface area contributed by atoms with E-state index in [-0.39, 0.29) is 0 Å². The molecule has 0 bridgehead atoms. The summed E-state index contributed by atoms with van der Waals surface area (Å²) >= 11 is 0. The standard InChI is InChI=1S/C9H8N2O2/c1-5-2-6(9(12)13)3-7-4-10-11-8(5)7/h2-4H,1H3,(H,10,11)(H,12,13). The van der Waals surface area contributed by atoms with Crippen LogP contribution in [0.25, 0.3) is 10.9 Å². The van der Waals surface area contributed by atoms with Crippen molar-refractivity contribution in [3.8, 4) is 0 Å². The Morgan fingerprint density at radius 3 is 3.00 bits per heavy atom. The molecule has 1 heterocycles. The number of nitrogens with zero attached hydrogens (tertiary/aromatic N) is 1. The van der Waals surface area contributed by atoms with E-state index in [1.807, 2.05) is 6.92 Å². The van der Waals surface area contributed by atoms with Crippen molar-refractivity contribution >= 4 is 16.9 Å². The van der Waals surface area contributed by atoms with Gasteiger partial charge in [0.1, 0.15) is 0 Å². The Kier molecular flexibility index (Phi) is 1.55. The van der Waals surface area contributed by atoms with Crippen molar-refractivity contribution in [3.05, 3.63) is 29.5 Å². The van der Waals surface area contributed by atoms with Crippen molar-refractivity contribution in [2.75, 3.05) is 0 Å². The van der Waals surface area contributed by atoms with Gasteiger partial charge in [0.2, 0.25) is 0 Å². The molecule has 0 spiro atoms. The first kappa shape index (κ1) is 7.79. The first-order valence-electron chi connectivity index (χ1n) is 3.85. The van der Waals surface area contributed by atoms with Crippen molar-refractivity contribution in [1.29, 1.82) is 0 Å². The van der Waals surface area contributed by atoms with Crippen molar-refractivity contribution < 1.29 is 9.90 Å². The molecule has 2 aromatic rings. The van der Waals surface area contributed by atoms with E-state index < -0.39 is 5.97 Å². The van der Waals surface area contributed by atoms with E-state index in [0.29, 0.717) is 5.56 Å². The third-order valence-corrected chi connectivity index (χ3v) is 1.99. The lowest BCUT2D eigenvalue weighted by molar-refractivity contribution is 0.0697. The maximum atomic E-state index is 10.7. The van der Waals surface area contributed by atoms with Crippen LogP contribution < -0.4 is 0 Å². The van der Waals surface area contributed by atoms with Crippen LogP contribution in [0, 0.1) is 6.92 Å². The van der Waals surface area contributed by atoms with Crippen molar-refractivity contribution in [2.24, 2.45) is 0 Å². The summed E-state index contributed by atoms with van der Waals surface area (Å²) in [5.41, 5.74) is 2.09. The number of aromatic nitrogens is 2. The van der Waals surface area contributed by atoms with Gasteiger partial charge in [0.15, 0.2) is 0 Å². The molecule has 4 nitrogen and oxygen atoms in total. The molecule has 0 aliphatic carbocycles. The molecule has 2 N–H and O–H groups in total. The number of fused-ring (bicyclic) bond motifs is 1. The number of carbonyl (C=O) groups is 1. The second-order valence-electron chi connectivity index (χ2n) is 2.93. The lowest BCUT2D eigenvalue weighted by Gasteiger charge is -1.98. The zero-order chi connectivity index (χ0) is 9.42. The predicted octanol–water partition coefficient (Wildman–Crippen LogP) is 1.57. The summed E-state index contributed by atoms with van der Waals surface area (Å²) in [6, 6.07) is 3.23. The molecule has 0 fully saturated rings. The molecule has 0 atom stereocenters. The summed E-state index contributed by atoms with van der Waals surface area (Å²) in [6.07, 6.45) is 1.62. The normalized spacial score (nSPS) is 10.5. The smallest absolute Gasteiger partial charge is 0.335 e. The number of carboxylic acids is 1. The zero-order valence-corrected chi connectivity index (χ0v) is 7.03. The summed E-state index contributed by atoms with van der Waals surface area (Å²) < 4.78 is 0. The Morgan fingerprint density at radius 1 is 1.54 bits per heavy atom. The lowest BCUT2D eigenvalue weighted by Crippen LogP contribution is -1.96. The average molecular weight is 176 g/mol. The number of hydrogen-bond acceptors (Lipinski definition) is 2. The number of hydrogen-bond donors (Lipinski definition) is 2. The number of aromatic amines is 1. The van der Waals surface area contributed by atoms with Gasteiger partial charge in [-0.15, -0.1) is 0 Å². The van der Waals surface area contributed by atoms with Gasteiger partial charge in [-0.3, -0.25) is 5.10 Å². The van der Waals surface area contributed by atoms with Gasteiger partial charge in [0.25, 0.3) is 0 Å². The third-order valence-electron chi connectivity index (χ3n) is 1.99. The molecule has 0 saturated carbocycles. The summed E-state index contributed by atoms with van der Waals surface area (Å²) in [6.45, 7) is 1.85. The van der Waals surface area contributed by atoms with Gasteiger partial charge < -0.3 is 5.11 Å². The fraction of sp³-hybridized carbons (Fsp3) is 0.111. The van der Waals surface area contributed by atoms with E-state index >= 15 is 0 Å². The highest BCUT2D eigenvalue weighted by atomic mass is 16.4. The van der Waals surface area contributed by atoms with Crippen molar-refractivity contribution in [1.82, 2.24) is 10.2 Å². The third kappa shape index (κ3) is 1.16. The second kappa shape index (κ2) is 2.58. The molecule has 0 aliphatic rings. The Bertz CT molecular complexity index is 473. The molecular weight excluding hydrogens is 168 g/mol. The summed E-state index contributed by atoms with van der Waals surface area (Å²) in [4.78, 5) is 10.7. The number of carboxylic acid groups (broad SMARTS) is 1. The minimum absolute atomic E-state index is 0.298. The van der Waals surface area contributed by atoms with Crippen LogP contribution in [0.4, 0.5) is 0 Å². The van der Waals surface area contributed by atoms with Gasteiger partial charge in [-0.1, -0.05) is 0 Å². The predicted molar refractivity (Wildman–Crippen MR) is 47.8 cm³/mol. The number of benzene rings is 1. The fourth-order valence-electron chi connectivity index (χ4n) is 1.36. The van der Waals surface area contributed by atoms with Crippen LogP contribution in [0.15, 0.2) is 18.3 Å². The molecule has 66 valence electrons. The first-order valence-corrected chi connectivity index (χ1v) is 3.85. The molecule has 0 unspecified atom stereocenters. The molecule has 2 rings (SSSR count). The van der Waals surface area contributed by atoms with Crippen molar-refractivity contribution in [3.63, 3.8) is 0 Å². The van der Waals surface area contributed by atoms with E-state index in [2.05, 4.69) is 10.2 Å². The second-order valence-corrected chi connectivity index (χ2v) is 2.93. The quantitative estimate of drug-likeness (QED) is 0.693. The minimum atomic E-state index is -0.911. The number of nitrogens with one attached hydrogen (secondary N) is 1. The lowest BCUT2D eigenvalue weighted by atomic mass is 10.1. The molecule has 0 amide bonds. The molecule has 0 aliphatic heterocycles. The topological polar surface area (TPSA) is 66.0 Å². The summed E-state index contributed by atoms with van der Waals surface area (Å²) in [5.74, 6) is -0.911. The molecular formula is C9H8N2O2. The maximum Gasteiger partial charge on any atom is 0.335 e. The minimum Gasteiger partial charge on any atom is -0.478 e. The van der Waals surface area contributed by atoms with Crippen LogP contribution in [-0.4, -0.2) is 21.3 Å². The number of aryl methyl sites for hydroxylation is 1. The summed E-state index contributed by atoms with van der Waals surface area (Å²) in [5, 5.41) is 16.3. The SMILES string of the molecule is Cc1cc(C(=O)O)cc2cn[nH]c12. The van der Waals surface area contributed by atoms with Crippen LogP contribution in [0.1, 0.15) is 15.9 Å². The maximum absolute atomic E-state index is 10.7. The van der Waals surface area contributed by atoms with Crippen LogP contribution in [-0.2, 0) is 0 Å². The highest BCUT2D eigenvalue weighted by Crippen LogP contribution is 2.17. The fourth-order valence-corrected chi connectivity index (χ4v) is 1.36. The van der Waals surface area contributed by atoms with Gasteiger partial charge >= 0.3 is 5.97 Å². The molecule has 13 heavy (non-hydrogen) atoms. The Hall–Kier alpha value is -1.84. The van der Waals surface area contributed by atoms with Crippen LogP contribution in [0.3, 0.4) is 0 Å². The van der Waals surface area contributed by atoms with Gasteiger partial charge in [0.05, 0.1) is 17.3 Å². The van der Waals surface area contributed by atoms with Gasteiger partial charge in [0, 0.05) is 5.39 Å². The Labute approximate surface area is 74.2 Å². The largest absolute Gasteiger partial charge is 0.478 e. The van der Waals surface area contributed by atoms with E-state index in [1.54, 1.807) is 18.3 Å². The van der Waals surface area contributed by atoms with E-state index in [4.69, 9.17) is 5.11 Å². The van der Waals surface area contributed by atoms with Gasteiger partial charge in [-0.05, 0) is 24.6 Å². The molecule has 1 aromatic heterocycles. The summed E-state index contributed by atoms with van der Waals surface area (Å²) in [7, 11) is 0. The van der Waals surface area contributed by atoms with Crippen LogP contribution >= 0.6 is 0 Å². The number of aromatic carboxylic acids is 1. The molecule has 4 heteroatoms. The van der Waals surface area contributed by atoms with Crippen LogP contribution in [0.2, 0.25) is 0 Å². The molecule has 0 radical (unpaired) electrons. The molecule has 0 saturated heterocycles. The monoisotopic (exact) mass is 176 g/mol. The van der Waals surface area contributed by atoms with Gasteiger partial charge in [-0.25, -0.2) is 4.79 Å².